The fourth-order valence-electron chi connectivity index (χ4n) is 3.19. The number of halogens is 2. The number of piperazine rings is 1. The summed E-state index contributed by atoms with van der Waals surface area (Å²) >= 11 is 0. The van der Waals surface area contributed by atoms with Gasteiger partial charge >= 0.3 is 0 Å². The third-order valence-electron chi connectivity index (χ3n) is 4.76. The van der Waals surface area contributed by atoms with Crippen molar-refractivity contribution in [2.45, 2.75) is 0 Å². The first-order chi connectivity index (χ1) is 14.1. The van der Waals surface area contributed by atoms with Gasteiger partial charge < -0.3 is 19.9 Å². The molecule has 0 spiro atoms. The standard InChI is InChI=1S/C20H20F2N6O/c1-29-16-5-3-15(4-6-16)27-8-10-28(11-9-27)19-13-23-26-20(25-19)24-14-2-7-17(21)18(22)12-14/h2-7,12-13H,8-11H2,1H3,(H,24,25,26). The highest BCUT2D eigenvalue weighted by Gasteiger charge is 2.19. The van der Waals surface area contributed by atoms with Crippen LogP contribution in [0.1, 0.15) is 0 Å². The van der Waals surface area contributed by atoms with Crippen LogP contribution < -0.4 is 19.9 Å². The van der Waals surface area contributed by atoms with Crippen molar-refractivity contribution in [1.82, 2.24) is 15.2 Å². The highest BCUT2D eigenvalue weighted by Crippen LogP contribution is 2.23. The molecule has 1 saturated heterocycles. The van der Waals surface area contributed by atoms with Gasteiger partial charge in [0.25, 0.3) is 0 Å². The molecule has 1 aliphatic rings. The first-order valence-corrected chi connectivity index (χ1v) is 9.18. The highest BCUT2D eigenvalue weighted by molar-refractivity contribution is 5.55. The molecule has 0 atom stereocenters. The molecule has 2 aromatic carbocycles. The zero-order chi connectivity index (χ0) is 20.2. The molecule has 0 amide bonds. The Balaban J connectivity index is 1.40. The molecule has 2 heterocycles. The number of rotatable bonds is 5. The second-order valence-corrected chi connectivity index (χ2v) is 6.56. The summed E-state index contributed by atoms with van der Waals surface area (Å²) in [6.45, 7) is 3.22. The van der Waals surface area contributed by atoms with Crippen molar-refractivity contribution in [3.8, 4) is 5.75 Å². The van der Waals surface area contributed by atoms with Crippen LogP contribution in [-0.4, -0.2) is 48.5 Å². The molecule has 0 aliphatic carbocycles. The summed E-state index contributed by atoms with van der Waals surface area (Å²) in [5.41, 5.74) is 1.50. The summed E-state index contributed by atoms with van der Waals surface area (Å²) in [4.78, 5) is 8.87. The summed E-state index contributed by atoms with van der Waals surface area (Å²) < 4.78 is 31.7. The number of ether oxygens (including phenoxy) is 1. The number of nitrogens with one attached hydrogen (secondary N) is 1. The van der Waals surface area contributed by atoms with E-state index in [1.54, 1.807) is 13.3 Å². The van der Waals surface area contributed by atoms with E-state index in [0.29, 0.717) is 11.5 Å². The smallest absolute Gasteiger partial charge is 0.249 e. The van der Waals surface area contributed by atoms with Gasteiger partial charge in [-0.3, -0.25) is 0 Å². The van der Waals surface area contributed by atoms with Crippen LogP contribution in [0.3, 0.4) is 0 Å². The van der Waals surface area contributed by atoms with Crippen LogP contribution in [0.5, 0.6) is 5.75 Å². The molecule has 0 bridgehead atoms. The molecule has 0 radical (unpaired) electrons. The summed E-state index contributed by atoms with van der Waals surface area (Å²) in [7, 11) is 1.65. The Morgan fingerprint density at radius 1 is 0.931 bits per heavy atom. The number of hydrogen-bond acceptors (Lipinski definition) is 7. The van der Waals surface area contributed by atoms with Crippen molar-refractivity contribution in [2.24, 2.45) is 0 Å². The SMILES string of the molecule is COc1ccc(N2CCN(c3cnnc(Nc4ccc(F)c(F)c4)n3)CC2)cc1. The van der Waals surface area contributed by atoms with Gasteiger partial charge in [-0.15, -0.1) is 5.10 Å². The fraction of sp³-hybridized carbons (Fsp3) is 0.250. The lowest BCUT2D eigenvalue weighted by molar-refractivity contribution is 0.415. The van der Waals surface area contributed by atoms with E-state index in [2.05, 4.69) is 30.3 Å². The maximum atomic E-state index is 13.4. The number of methoxy groups -OCH3 is 1. The van der Waals surface area contributed by atoms with E-state index >= 15 is 0 Å². The predicted octanol–water partition coefficient (Wildman–Crippen LogP) is 3.23. The van der Waals surface area contributed by atoms with E-state index in [9.17, 15) is 8.78 Å². The first-order valence-electron chi connectivity index (χ1n) is 9.18. The van der Waals surface area contributed by atoms with Gasteiger partial charge in [-0.05, 0) is 36.4 Å². The van der Waals surface area contributed by atoms with E-state index in [0.717, 1.165) is 49.7 Å². The van der Waals surface area contributed by atoms with Gasteiger partial charge in [0.1, 0.15) is 5.75 Å². The molecule has 29 heavy (non-hydrogen) atoms. The maximum absolute atomic E-state index is 13.4. The fourth-order valence-corrected chi connectivity index (χ4v) is 3.19. The van der Waals surface area contributed by atoms with Crippen LogP contribution in [0.25, 0.3) is 0 Å². The Labute approximate surface area is 167 Å². The molecule has 9 heteroatoms. The lowest BCUT2D eigenvalue weighted by atomic mass is 10.2. The van der Waals surface area contributed by atoms with Crippen LogP contribution in [-0.2, 0) is 0 Å². The topological polar surface area (TPSA) is 66.4 Å². The lowest BCUT2D eigenvalue weighted by Gasteiger charge is -2.36. The summed E-state index contributed by atoms with van der Waals surface area (Å²) in [5.74, 6) is -0.0992. The minimum Gasteiger partial charge on any atom is -0.497 e. The van der Waals surface area contributed by atoms with Crippen molar-refractivity contribution < 1.29 is 13.5 Å². The molecule has 1 N–H and O–H groups in total. The third-order valence-corrected chi connectivity index (χ3v) is 4.76. The second-order valence-electron chi connectivity index (χ2n) is 6.56. The second kappa shape index (κ2) is 8.26. The van der Waals surface area contributed by atoms with Crippen molar-refractivity contribution in [3.05, 3.63) is 60.3 Å². The van der Waals surface area contributed by atoms with Gasteiger partial charge in [0.2, 0.25) is 5.95 Å². The van der Waals surface area contributed by atoms with Gasteiger partial charge in [-0.2, -0.15) is 10.1 Å². The minimum absolute atomic E-state index is 0.228. The van der Waals surface area contributed by atoms with E-state index < -0.39 is 11.6 Å². The molecule has 1 aliphatic heterocycles. The van der Waals surface area contributed by atoms with Crippen molar-refractivity contribution in [2.75, 3.05) is 48.4 Å². The first kappa shape index (κ1) is 18.9. The Morgan fingerprint density at radius 3 is 2.34 bits per heavy atom. The van der Waals surface area contributed by atoms with Crippen LogP contribution in [0.2, 0.25) is 0 Å². The van der Waals surface area contributed by atoms with Gasteiger partial charge in [0, 0.05) is 43.6 Å². The number of hydrogen-bond donors (Lipinski definition) is 1. The van der Waals surface area contributed by atoms with Crippen LogP contribution in [0, 0.1) is 11.6 Å². The molecular formula is C20H20F2N6O. The molecule has 0 unspecified atom stereocenters. The van der Waals surface area contributed by atoms with Crippen molar-refractivity contribution >= 4 is 23.1 Å². The number of benzene rings is 2. The Hall–Kier alpha value is -3.49. The zero-order valence-corrected chi connectivity index (χ0v) is 15.8. The van der Waals surface area contributed by atoms with E-state index in [4.69, 9.17) is 4.74 Å². The van der Waals surface area contributed by atoms with Crippen LogP contribution in [0.15, 0.2) is 48.7 Å². The largest absolute Gasteiger partial charge is 0.497 e. The Morgan fingerprint density at radius 2 is 1.66 bits per heavy atom. The molecule has 3 aromatic rings. The maximum Gasteiger partial charge on any atom is 0.249 e. The van der Waals surface area contributed by atoms with Gasteiger partial charge in [-0.1, -0.05) is 0 Å². The van der Waals surface area contributed by atoms with Gasteiger partial charge in [0.15, 0.2) is 17.5 Å². The molecule has 7 nitrogen and oxygen atoms in total. The number of anilines is 4. The normalized spacial score (nSPS) is 14.0. The monoisotopic (exact) mass is 398 g/mol. The quantitative estimate of drug-likeness (QED) is 0.708. The molecule has 150 valence electrons. The Kier molecular flexibility index (Phi) is 5.37. The van der Waals surface area contributed by atoms with E-state index in [-0.39, 0.29) is 5.95 Å². The van der Waals surface area contributed by atoms with Gasteiger partial charge in [0.05, 0.1) is 13.3 Å². The molecule has 1 aromatic heterocycles. The Bertz CT molecular complexity index is 977. The molecule has 4 rings (SSSR count). The predicted molar refractivity (Wildman–Crippen MR) is 107 cm³/mol. The van der Waals surface area contributed by atoms with Gasteiger partial charge in [-0.25, -0.2) is 8.78 Å². The van der Waals surface area contributed by atoms with Crippen molar-refractivity contribution in [3.63, 3.8) is 0 Å². The van der Waals surface area contributed by atoms with Crippen LogP contribution >= 0.6 is 0 Å². The summed E-state index contributed by atoms with van der Waals surface area (Å²) in [5, 5.41) is 10.8. The van der Waals surface area contributed by atoms with E-state index in [1.807, 2.05) is 24.3 Å². The molecular weight excluding hydrogens is 378 g/mol. The third kappa shape index (κ3) is 4.34. The molecule has 1 fully saturated rings. The van der Waals surface area contributed by atoms with E-state index in [1.165, 1.54) is 6.07 Å². The number of nitrogens with zero attached hydrogens (tertiary/aromatic N) is 5. The average Bonchev–Trinajstić information content (AvgIpc) is 2.77. The van der Waals surface area contributed by atoms with Crippen LogP contribution in [0.4, 0.5) is 31.9 Å². The highest BCUT2D eigenvalue weighted by atomic mass is 19.2. The van der Waals surface area contributed by atoms with Crippen molar-refractivity contribution in [1.29, 1.82) is 0 Å². The minimum atomic E-state index is -0.936. The number of aromatic nitrogens is 3. The zero-order valence-electron chi connectivity index (χ0n) is 15.8. The summed E-state index contributed by atoms with van der Waals surface area (Å²) in [6, 6.07) is 11.5. The summed E-state index contributed by atoms with van der Waals surface area (Å²) in [6.07, 6.45) is 1.60. The lowest BCUT2D eigenvalue weighted by Crippen LogP contribution is -2.46. The molecule has 0 saturated carbocycles. The average molecular weight is 398 g/mol.